The predicted molar refractivity (Wildman–Crippen MR) is 147 cm³/mol. The Hall–Kier alpha value is -3.47. The Balaban J connectivity index is 0.00000400. The van der Waals surface area contributed by atoms with E-state index in [0.717, 1.165) is 42.5 Å². The van der Waals surface area contributed by atoms with Gasteiger partial charge in [0, 0.05) is 38.3 Å². The number of aliphatic hydroxyl groups is 1. The van der Waals surface area contributed by atoms with Crippen LogP contribution >= 0.6 is 12.4 Å². The first kappa shape index (κ1) is 29.1. The molecule has 0 spiro atoms. The number of amides is 3. The molecule has 3 amide bonds. The largest absolute Gasteiger partial charge is 0.493 e. The number of rotatable bonds is 10. The summed E-state index contributed by atoms with van der Waals surface area (Å²) in [6.07, 6.45) is 0.676. The van der Waals surface area contributed by atoms with Gasteiger partial charge >= 0.3 is 6.03 Å². The number of hydrogen-bond donors (Lipinski definition) is 2. The van der Waals surface area contributed by atoms with E-state index in [2.05, 4.69) is 21.2 Å². The molecule has 2 N–H and O–H groups in total. The minimum absolute atomic E-state index is 0. The number of halogens is 1. The van der Waals surface area contributed by atoms with E-state index in [1.165, 1.54) is 14.2 Å². The number of para-hydroxylation sites is 3. The molecule has 0 aliphatic carbocycles. The number of β-amino-alcohol motifs (C(OH)–C–C–N with tert-alkyl or cyclic N) is 1. The van der Waals surface area contributed by atoms with Gasteiger partial charge in [-0.15, -0.1) is 12.4 Å². The number of anilines is 1. The van der Waals surface area contributed by atoms with Crippen molar-refractivity contribution < 1.29 is 28.9 Å². The third kappa shape index (κ3) is 6.50. The highest BCUT2D eigenvalue weighted by molar-refractivity contribution is 6.14. The zero-order chi connectivity index (χ0) is 26.4. The first-order valence-corrected chi connectivity index (χ1v) is 12.4. The molecule has 0 saturated carbocycles. The van der Waals surface area contributed by atoms with Gasteiger partial charge in [-0.05, 0) is 31.2 Å². The van der Waals surface area contributed by atoms with E-state index < -0.39 is 18.0 Å². The van der Waals surface area contributed by atoms with Gasteiger partial charge in [0.1, 0.15) is 11.4 Å². The Morgan fingerprint density at radius 3 is 2.37 bits per heavy atom. The molecule has 0 radical (unpaired) electrons. The van der Waals surface area contributed by atoms with Gasteiger partial charge in [-0.25, -0.2) is 4.79 Å². The molecule has 4 rings (SSSR count). The number of ether oxygens (including phenoxy) is 3. The molecule has 11 heteroatoms. The summed E-state index contributed by atoms with van der Waals surface area (Å²) in [6.45, 7) is 5.92. The van der Waals surface area contributed by atoms with Crippen molar-refractivity contribution in [2.24, 2.45) is 0 Å². The highest BCUT2D eigenvalue weighted by Crippen LogP contribution is 2.32. The lowest BCUT2D eigenvalue weighted by Gasteiger charge is -2.37. The lowest BCUT2D eigenvalue weighted by atomic mass is 10.1. The van der Waals surface area contributed by atoms with Crippen LogP contribution in [-0.2, 0) is 4.79 Å². The number of methoxy groups -OCH3 is 2. The zero-order valence-electron chi connectivity index (χ0n) is 21.9. The molecule has 0 aromatic heterocycles. The van der Waals surface area contributed by atoms with Crippen LogP contribution in [-0.4, -0.2) is 93.0 Å². The van der Waals surface area contributed by atoms with E-state index in [9.17, 15) is 14.7 Å². The van der Waals surface area contributed by atoms with Crippen molar-refractivity contribution in [3.63, 3.8) is 0 Å². The van der Waals surface area contributed by atoms with E-state index in [-0.39, 0.29) is 24.6 Å². The summed E-state index contributed by atoms with van der Waals surface area (Å²) in [4.78, 5) is 30.9. The molecule has 2 heterocycles. The van der Waals surface area contributed by atoms with Crippen molar-refractivity contribution in [3.05, 3.63) is 53.7 Å². The summed E-state index contributed by atoms with van der Waals surface area (Å²) in [7, 11) is 3.04. The first-order valence-electron chi connectivity index (χ1n) is 12.4. The van der Waals surface area contributed by atoms with Crippen molar-refractivity contribution in [1.29, 1.82) is 0 Å². The lowest BCUT2D eigenvalue weighted by molar-refractivity contribution is -0.124. The van der Waals surface area contributed by atoms with Gasteiger partial charge in [-0.1, -0.05) is 24.3 Å². The molecule has 2 fully saturated rings. The second kappa shape index (κ2) is 13.4. The molecule has 2 aromatic carbocycles. The highest BCUT2D eigenvalue weighted by atomic mass is 35.5. The van der Waals surface area contributed by atoms with Crippen LogP contribution < -0.4 is 24.4 Å². The van der Waals surface area contributed by atoms with Crippen molar-refractivity contribution in [2.75, 3.05) is 65.0 Å². The van der Waals surface area contributed by atoms with Gasteiger partial charge in [-0.3, -0.25) is 14.6 Å². The number of hydrogen-bond acceptors (Lipinski definition) is 8. The Bertz CT molecular complexity index is 1150. The van der Waals surface area contributed by atoms with Crippen molar-refractivity contribution in [2.45, 2.75) is 13.0 Å². The monoisotopic (exact) mass is 546 g/mol. The predicted octanol–water partition coefficient (Wildman–Crippen LogP) is 2.60. The number of benzene rings is 2. The van der Waals surface area contributed by atoms with Gasteiger partial charge < -0.3 is 29.5 Å². The maximum Gasteiger partial charge on any atom is 0.329 e. The molecule has 2 aliphatic rings. The molecule has 1 atom stereocenters. The number of carbonyl (C=O) groups is 2. The summed E-state index contributed by atoms with van der Waals surface area (Å²) >= 11 is 0. The average Bonchev–Trinajstić information content (AvgIpc) is 3.16. The second-order valence-corrected chi connectivity index (χ2v) is 8.83. The molecule has 206 valence electrons. The van der Waals surface area contributed by atoms with Crippen molar-refractivity contribution >= 4 is 36.1 Å². The summed E-state index contributed by atoms with van der Waals surface area (Å²) in [6, 6.07) is 12.7. The molecule has 1 unspecified atom stereocenters. The summed E-state index contributed by atoms with van der Waals surface area (Å²) < 4.78 is 16.5. The maximum atomic E-state index is 12.9. The van der Waals surface area contributed by atoms with Crippen LogP contribution in [0.15, 0.2) is 48.2 Å². The summed E-state index contributed by atoms with van der Waals surface area (Å²) in [5.41, 5.74) is 1.78. The molecule has 2 aliphatic heterocycles. The summed E-state index contributed by atoms with van der Waals surface area (Å²) in [5.74, 6) is 1.35. The smallest absolute Gasteiger partial charge is 0.329 e. The van der Waals surface area contributed by atoms with Crippen LogP contribution in [0.4, 0.5) is 10.5 Å². The van der Waals surface area contributed by atoms with Gasteiger partial charge in [0.2, 0.25) is 0 Å². The van der Waals surface area contributed by atoms with E-state index >= 15 is 0 Å². The number of imide groups is 1. The summed E-state index contributed by atoms with van der Waals surface area (Å²) in [5, 5.41) is 13.3. The Labute approximate surface area is 229 Å². The minimum atomic E-state index is -0.873. The number of aliphatic hydroxyl groups excluding tert-OH is 1. The van der Waals surface area contributed by atoms with Gasteiger partial charge in [0.05, 0.1) is 39.2 Å². The SMILES string of the molecule is CCOc1ccccc1N1CCN(CC(O)CN2C(=O)N/C(=C\c3cccc(OC)c3OC)C2=O)CC1.Cl. The van der Waals surface area contributed by atoms with Crippen molar-refractivity contribution in [3.8, 4) is 17.2 Å². The standard InChI is InChI=1S/C27H34N4O6.ClH/c1-4-37-23-10-6-5-9-22(23)30-14-12-29(13-15-30)17-20(32)18-31-26(33)21(28-27(31)34)16-19-8-7-11-24(35-2)25(19)36-3;/h5-11,16,20,32H,4,12-15,17-18H2,1-3H3,(H,28,34);1H/b21-16-;. The van der Waals surface area contributed by atoms with E-state index in [1.807, 2.05) is 25.1 Å². The third-order valence-electron chi connectivity index (χ3n) is 6.44. The zero-order valence-corrected chi connectivity index (χ0v) is 22.7. The lowest BCUT2D eigenvalue weighted by Crippen LogP contribution is -2.50. The topological polar surface area (TPSA) is 104 Å². The van der Waals surface area contributed by atoms with E-state index in [1.54, 1.807) is 24.3 Å². The fourth-order valence-electron chi connectivity index (χ4n) is 4.65. The molecule has 38 heavy (non-hydrogen) atoms. The number of piperazine rings is 1. The second-order valence-electron chi connectivity index (χ2n) is 8.83. The van der Waals surface area contributed by atoms with Crippen LogP contribution in [0.25, 0.3) is 6.08 Å². The fourth-order valence-corrected chi connectivity index (χ4v) is 4.65. The fraction of sp³-hybridized carbons (Fsp3) is 0.407. The van der Waals surface area contributed by atoms with Crippen LogP contribution in [0.2, 0.25) is 0 Å². The van der Waals surface area contributed by atoms with Crippen LogP contribution in [0.1, 0.15) is 12.5 Å². The minimum Gasteiger partial charge on any atom is -0.493 e. The average molecular weight is 547 g/mol. The molecular weight excluding hydrogens is 512 g/mol. The van der Waals surface area contributed by atoms with Gasteiger partial charge in [-0.2, -0.15) is 0 Å². The Kier molecular flexibility index (Phi) is 10.2. The Morgan fingerprint density at radius 1 is 0.974 bits per heavy atom. The first-order chi connectivity index (χ1) is 17.9. The number of carbonyl (C=O) groups excluding carboxylic acids is 2. The number of urea groups is 1. The molecule has 2 aromatic rings. The molecule has 10 nitrogen and oxygen atoms in total. The van der Waals surface area contributed by atoms with Crippen molar-refractivity contribution in [1.82, 2.24) is 15.1 Å². The normalized spacial score (nSPS) is 17.7. The number of nitrogens with zero attached hydrogens (tertiary/aromatic N) is 3. The van der Waals surface area contributed by atoms with Crippen LogP contribution in [0.5, 0.6) is 17.2 Å². The van der Waals surface area contributed by atoms with Crippen LogP contribution in [0, 0.1) is 0 Å². The third-order valence-corrected chi connectivity index (χ3v) is 6.44. The van der Waals surface area contributed by atoms with E-state index in [0.29, 0.717) is 30.2 Å². The maximum absolute atomic E-state index is 12.9. The van der Waals surface area contributed by atoms with Gasteiger partial charge in [0.15, 0.2) is 11.5 Å². The molecule has 2 saturated heterocycles. The van der Waals surface area contributed by atoms with Crippen LogP contribution in [0.3, 0.4) is 0 Å². The van der Waals surface area contributed by atoms with Gasteiger partial charge in [0.25, 0.3) is 5.91 Å². The quantitative estimate of drug-likeness (QED) is 0.346. The molecule has 0 bridgehead atoms. The number of nitrogens with one attached hydrogen (secondary N) is 1. The van der Waals surface area contributed by atoms with E-state index in [4.69, 9.17) is 14.2 Å². The molecular formula is C27H35ClN4O6. The Morgan fingerprint density at radius 2 is 1.68 bits per heavy atom. The highest BCUT2D eigenvalue weighted by Gasteiger charge is 2.35.